The van der Waals surface area contributed by atoms with Crippen molar-refractivity contribution in [2.24, 2.45) is 23.2 Å². The fourth-order valence-electron chi connectivity index (χ4n) is 8.73. The van der Waals surface area contributed by atoms with Gasteiger partial charge in [-0.3, -0.25) is 19.2 Å². The standard InChI is InChI=1S/C38H63N5O7S/c1-36(2,3)51(49,50)24-38(20-14-11-15-21-38)42-35(48)41-28-17-13-10-8-6-7-9-12-16-27(31(44)33(46)39-22-25-18-19-25)40-32(45)30-29-26(37(29,4)5)23-43(30)34(28)47/h25-30H,6-24H2,1-5H3,(H,39,46)(H,40,45)(H2,41,42,48)/t26-,27-,28-,29-,30-/m0/s1. The van der Waals surface area contributed by atoms with Crippen LogP contribution in [0.3, 0.4) is 0 Å². The Hall–Kier alpha value is -2.70. The number of urea groups is 1. The molecule has 5 aliphatic rings. The second-order valence-electron chi connectivity index (χ2n) is 17.9. The lowest BCUT2D eigenvalue weighted by Gasteiger charge is -2.40. The number of Topliss-reactive ketones (excluding diaryl/α,β-unsaturated/α-hetero) is 1. The minimum absolute atomic E-state index is 0.0952. The van der Waals surface area contributed by atoms with Gasteiger partial charge in [-0.05, 0) is 82.5 Å². The molecule has 288 valence electrons. The molecule has 3 saturated carbocycles. The first-order chi connectivity index (χ1) is 24.0. The van der Waals surface area contributed by atoms with Crippen molar-refractivity contribution in [1.82, 2.24) is 26.2 Å². The second kappa shape index (κ2) is 15.7. The molecular weight excluding hydrogens is 671 g/mol. The fourth-order valence-corrected chi connectivity index (χ4v) is 10.3. The lowest BCUT2D eigenvalue weighted by molar-refractivity contribution is -0.144. The third-order valence-corrected chi connectivity index (χ3v) is 15.3. The zero-order chi connectivity index (χ0) is 37.2. The lowest BCUT2D eigenvalue weighted by Crippen LogP contribution is -2.62. The van der Waals surface area contributed by atoms with Gasteiger partial charge in [0, 0.05) is 13.1 Å². The summed E-state index contributed by atoms with van der Waals surface area (Å²) in [4.78, 5) is 70.3. The van der Waals surface area contributed by atoms with Crippen LogP contribution in [0.5, 0.6) is 0 Å². The summed E-state index contributed by atoms with van der Waals surface area (Å²) in [6.45, 7) is 10.0. The van der Waals surface area contributed by atoms with Crippen LogP contribution >= 0.6 is 0 Å². The number of rotatable bonds is 8. The summed E-state index contributed by atoms with van der Waals surface area (Å²) in [6.07, 6.45) is 12.6. The number of hydrogen-bond donors (Lipinski definition) is 4. The normalized spacial score (nSPS) is 30.3. The first kappa shape index (κ1) is 39.5. The molecule has 2 heterocycles. The van der Waals surface area contributed by atoms with E-state index >= 15 is 0 Å². The quantitative estimate of drug-likeness (QED) is 0.272. The Labute approximate surface area is 305 Å². The average molecular weight is 734 g/mol. The van der Waals surface area contributed by atoms with Crippen LogP contribution in [-0.4, -0.2) is 90.1 Å². The number of piperidine rings is 1. The molecule has 4 N–H and O–H groups in total. The van der Waals surface area contributed by atoms with E-state index in [2.05, 4.69) is 35.1 Å². The van der Waals surface area contributed by atoms with Gasteiger partial charge in [-0.15, -0.1) is 0 Å². The van der Waals surface area contributed by atoms with Crippen molar-refractivity contribution in [3.8, 4) is 0 Å². The minimum Gasteiger partial charge on any atom is -0.349 e. The summed E-state index contributed by atoms with van der Waals surface area (Å²) in [5.41, 5.74) is -1.10. The predicted octanol–water partition coefficient (Wildman–Crippen LogP) is 4.16. The molecule has 0 radical (unpaired) electrons. The number of nitrogens with zero attached hydrogens (tertiary/aromatic N) is 1. The Balaban J connectivity index is 1.35. The molecule has 5 amide bonds. The van der Waals surface area contributed by atoms with E-state index in [1.807, 2.05) is 0 Å². The van der Waals surface area contributed by atoms with Crippen LogP contribution in [0.1, 0.15) is 137 Å². The number of ketones is 1. The second-order valence-corrected chi connectivity index (χ2v) is 20.6. The lowest BCUT2D eigenvalue weighted by atomic mass is 9.83. The molecule has 0 spiro atoms. The molecule has 2 saturated heterocycles. The molecule has 0 aromatic carbocycles. The Morgan fingerprint density at radius 2 is 1.45 bits per heavy atom. The number of carbonyl (C=O) groups excluding carboxylic acids is 5. The summed E-state index contributed by atoms with van der Waals surface area (Å²) < 4.78 is 25.7. The largest absolute Gasteiger partial charge is 0.349 e. The minimum atomic E-state index is -3.55. The first-order valence-corrected chi connectivity index (χ1v) is 21.3. The number of sulfone groups is 1. The highest BCUT2D eigenvalue weighted by Gasteiger charge is 2.69. The van der Waals surface area contributed by atoms with Gasteiger partial charge >= 0.3 is 6.03 Å². The molecule has 12 nitrogen and oxygen atoms in total. The van der Waals surface area contributed by atoms with Gasteiger partial charge in [0.15, 0.2) is 9.84 Å². The van der Waals surface area contributed by atoms with Crippen LogP contribution in [0.25, 0.3) is 0 Å². The topological polar surface area (TPSA) is 171 Å². The van der Waals surface area contributed by atoms with Gasteiger partial charge in [-0.2, -0.15) is 0 Å². The smallest absolute Gasteiger partial charge is 0.315 e. The van der Waals surface area contributed by atoms with Crippen LogP contribution in [-0.2, 0) is 29.0 Å². The summed E-state index contributed by atoms with van der Waals surface area (Å²) >= 11 is 0. The maximum Gasteiger partial charge on any atom is 0.315 e. The van der Waals surface area contributed by atoms with E-state index in [9.17, 15) is 32.4 Å². The van der Waals surface area contributed by atoms with Gasteiger partial charge in [-0.1, -0.05) is 78.1 Å². The van der Waals surface area contributed by atoms with E-state index in [0.29, 0.717) is 51.1 Å². The first-order valence-electron chi connectivity index (χ1n) is 19.7. The van der Waals surface area contributed by atoms with Crippen LogP contribution in [0, 0.1) is 23.2 Å². The van der Waals surface area contributed by atoms with Gasteiger partial charge in [0.05, 0.1) is 22.1 Å². The van der Waals surface area contributed by atoms with Crippen molar-refractivity contribution in [2.45, 2.75) is 166 Å². The Morgan fingerprint density at radius 3 is 2.06 bits per heavy atom. The highest BCUT2D eigenvalue weighted by atomic mass is 32.2. The van der Waals surface area contributed by atoms with Gasteiger partial charge in [0.2, 0.25) is 17.6 Å². The Morgan fingerprint density at radius 1 is 0.863 bits per heavy atom. The van der Waals surface area contributed by atoms with Crippen molar-refractivity contribution in [3.05, 3.63) is 0 Å². The number of fused-ring (bicyclic) bond motifs is 3. The van der Waals surface area contributed by atoms with Crippen molar-refractivity contribution in [2.75, 3.05) is 18.8 Å². The average Bonchev–Trinajstić information content (AvgIpc) is 3.92. The monoisotopic (exact) mass is 733 g/mol. The number of carbonyl (C=O) groups is 5. The van der Waals surface area contributed by atoms with Gasteiger partial charge < -0.3 is 26.2 Å². The van der Waals surface area contributed by atoms with E-state index in [0.717, 1.165) is 70.6 Å². The van der Waals surface area contributed by atoms with E-state index in [1.54, 1.807) is 25.7 Å². The zero-order valence-corrected chi connectivity index (χ0v) is 32.4. The van der Waals surface area contributed by atoms with Crippen molar-refractivity contribution >= 4 is 39.4 Å². The Bertz CT molecular complexity index is 1430. The maximum atomic E-state index is 14.5. The molecule has 5 fully saturated rings. The molecule has 2 aliphatic heterocycles. The van der Waals surface area contributed by atoms with Crippen LogP contribution in [0.2, 0.25) is 0 Å². The number of nitrogens with one attached hydrogen (secondary N) is 4. The fraction of sp³-hybridized carbons (Fsp3) is 0.868. The van der Waals surface area contributed by atoms with E-state index < -0.39 is 61.9 Å². The summed E-state index contributed by atoms with van der Waals surface area (Å²) in [7, 11) is -3.55. The third kappa shape index (κ3) is 9.46. The number of hydrogen-bond acceptors (Lipinski definition) is 7. The van der Waals surface area contributed by atoms with E-state index in [-0.39, 0.29) is 28.9 Å². The van der Waals surface area contributed by atoms with E-state index in [4.69, 9.17) is 0 Å². The van der Waals surface area contributed by atoms with Crippen molar-refractivity contribution in [1.29, 1.82) is 0 Å². The summed E-state index contributed by atoms with van der Waals surface area (Å²) in [6, 6.07) is -3.27. The SMILES string of the molecule is CC1(C)[C@@H]2[C@H]3C(=O)N[C@H](C(=O)C(=O)NCC4CC4)CCCCCCCCC[C@H](NC(=O)NC4(CS(=O)(=O)C(C)(C)C)CCCCC4)C(=O)N3C[C@@H]21. The molecular formula is C38H63N5O7S. The van der Waals surface area contributed by atoms with Crippen molar-refractivity contribution in [3.63, 3.8) is 0 Å². The molecule has 0 aromatic heterocycles. The molecule has 5 atom stereocenters. The molecule has 0 unspecified atom stereocenters. The molecule has 3 aliphatic carbocycles. The molecule has 0 aromatic rings. The summed E-state index contributed by atoms with van der Waals surface area (Å²) in [5, 5.41) is 11.7. The van der Waals surface area contributed by atoms with Gasteiger partial charge in [0.25, 0.3) is 5.91 Å². The van der Waals surface area contributed by atoms with Gasteiger partial charge in [0.1, 0.15) is 12.1 Å². The summed E-state index contributed by atoms with van der Waals surface area (Å²) in [5.74, 6) is -1.86. The molecule has 5 rings (SSSR count). The Kier molecular flexibility index (Phi) is 12.2. The highest BCUT2D eigenvalue weighted by Crippen LogP contribution is 2.65. The highest BCUT2D eigenvalue weighted by molar-refractivity contribution is 7.92. The maximum absolute atomic E-state index is 14.5. The molecule has 0 bridgehead atoms. The number of amides is 5. The molecule has 51 heavy (non-hydrogen) atoms. The predicted molar refractivity (Wildman–Crippen MR) is 195 cm³/mol. The van der Waals surface area contributed by atoms with Gasteiger partial charge in [-0.25, -0.2) is 13.2 Å². The third-order valence-electron chi connectivity index (χ3n) is 12.5. The molecule has 13 heteroatoms. The van der Waals surface area contributed by atoms with Crippen molar-refractivity contribution < 1.29 is 32.4 Å². The van der Waals surface area contributed by atoms with Crippen LogP contribution < -0.4 is 21.3 Å². The van der Waals surface area contributed by atoms with Crippen LogP contribution in [0.15, 0.2) is 0 Å². The van der Waals surface area contributed by atoms with Crippen LogP contribution in [0.4, 0.5) is 4.79 Å². The zero-order valence-electron chi connectivity index (χ0n) is 31.6. The van der Waals surface area contributed by atoms with E-state index in [1.165, 1.54) is 0 Å².